The van der Waals surface area contributed by atoms with Gasteiger partial charge >= 0.3 is 5.97 Å². The molecule has 0 aliphatic rings. The van der Waals surface area contributed by atoms with Crippen molar-refractivity contribution in [1.29, 1.82) is 0 Å². The number of hydrogen-bond donors (Lipinski definition) is 1. The highest BCUT2D eigenvalue weighted by molar-refractivity contribution is 5.74. The molecule has 0 amide bonds. The number of methoxy groups -OCH3 is 1. The first-order chi connectivity index (χ1) is 10.6. The quantitative estimate of drug-likeness (QED) is 0.417. The summed E-state index contributed by atoms with van der Waals surface area (Å²) in [6, 6.07) is 0. The highest BCUT2D eigenvalue weighted by Crippen LogP contribution is 2.19. The molecule has 0 saturated heterocycles. The Hall–Kier alpha value is -0.910. The van der Waals surface area contributed by atoms with Crippen LogP contribution in [0.15, 0.2) is 12.2 Å². The first-order valence-electron chi connectivity index (χ1n) is 8.36. The molecular formula is C18H36O5. The van der Waals surface area contributed by atoms with Crippen LogP contribution in [0.1, 0.15) is 61.8 Å². The van der Waals surface area contributed by atoms with Gasteiger partial charge in [0.05, 0.1) is 0 Å². The lowest BCUT2D eigenvalue weighted by molar-refractivity contribution is -0.179. The zero-order chi connectivity index (χ0) is 18.6. The van der Waals surface area contributed by atoms with E-state index >= 15 is 0 Å². The van der Waals surface area contributed by atoms with Gasteiger partial charge in [-0.25, -0.2) is 4.79 Å². The van der Waals surface area contributed by atoms with E-state index in [1.807, 2.05) is 32.9 Å². The molecule has 3 unspecified atom stereocenters. The number of aliphatic hydroxyl groups excluding tert-OH is 1. The molecule has 0 aliphatic heterocycles. The molecule has 0 spiro atoms. The second-order valence-electron chi connectivity index (χ2n) is 6.19. The van der Waals surface area contributed by atoms with Crippen molar-refractivity contribution < 1.29 is 24.1 Å². The van der Waals surface area contributed by atoms with Crippen molar-refractivity contribution >= 4 is 5.97 Å². The summed E-state index contributed by atoms with van der Waals surface area (Å²) in [6.07, 6.45) is 1.87. The van der Waals surface area contributed by atoms with Crippen LogP contribution >= 0.6 is 0 Å². The SMILES string of the molecule is CC.CCC(OC(=O)[C@@H](C)OC)C(/C=C/C(C)(C)C)OC(C)O. The van der Waals surface area contributed by atoms with E-state index in [0.717, 1.165) is 0 Å². The van der Waals surface area contributed by atoms with Crippen LogP contribution in [0.4, 0.5) is 0 Å². The Labute approximate surface area is 142 Å². The maximum absolute atomic E-state index is 11.8. The standard InChI is InChI=1S/C16H30O5.C2H6/c1-8-13(21-15(18)11(2)19-7)14(20-12(3)17)9-10-16(4,5)6;1-2/h9-14,17H,8H2,1-7H3;1-2H3/b10-9+;/t11-,12?,13?,14?;/m1./s1. The highest BCUT2D eigenvalue weighted by Gasteiger charge is 2.26. The third kappa shape index (κ3) is 12.2. The molecule has 0 aromatic carbocycles. The molecule has 0 fully saturated rings. The summed E-state index contributed by atoms with van der Waals surface area (Å²) < 4.78 is 15.8. The molecule has 0 bridgehead atoms. The average Bonchev–Trinajstić information content (AvgIpc) is 2.48. The number of ether oxygens (including phenoxy) is 3. The number of allylic oxidation sites excluding steroid dienone is 1. The molecule has 4 atom stereocenters. The summed E-state index contributed by atoms with van der Waals surface area (Å²) in [5, 5.41) is 9.46. The molecule has 0 aliphatic carbocycles. The Balaban J connectivity index is 0. The molecule has 0 rings (SSSR count). The van der Waals surface area contributed by atoms with Gasteiger partial charge in [0, 0.05) is 7.11 Å². The number of esters is 1. The Bertz CT molecular complexity index is 331. The van der Waals surface area contributed by atoms with Gasteiger partial charge in [-0.2, -0.15) is 0 Å². The monoisotopic (exact) mass is 332 g/mol. The number of rotatable bonds is 8. The summed E-state index contributed by atoms with van der Waals surface area (Å²) in [6.45, 7) is 15.2. The molecule has 0 radical (unpaired) electrons. The molecule has 138 valence electrons. The van der Waals surface area contributed by atoms with E-state index in [-0.39, 0.29) is 5.41 Å². The Morgan fingerprint density at radius 2 is 1.74 bits per heavy atom. The van der Waals surface area contributed by atoms with Gasteiger partial charge in [-0.15, -0.1) is 0 Å². The predicted molar refractivity (Wildman–Crippen MR) is 93.1 cm³/mol. The molecule has 23 heavy (non-hydrogen) atoms. The van der Waals surface area contributed by atoms with Gasteiger partial charge in [-0.3, -0.25) is 0 Å². The summed E-state index contributed by atoms with van der Waals surface area (Å²) in [5.74, 6) is -0.437. The van der Waals surface area contributed by atoms with Crippen molar-refractivity contribution in [3.05, 3.63) is 12.2 Å². The van der Waals surface area contributed by atoms with Gasteiger partial charge in [0.1, 0.15) is 12.2 Å². The Kier molecular flexibility index (Phi) is 13.2. The molecule has 0 aromatic rings. The third-order valence-corrected chi connectivity index (χ3v) is 2.86. The van der Waals surface area contributed by atoms with Crippen LogP contribution in [0.2, 0.25) is 0 Å². The summed E-state index contributed by atoms with van der Waals surface area (Å²) in [7, 11) is 1.45. The molecule has 5 heteroatoms. The van der Waals surface area contributed by atoms with Crippen molar-refractivity contribution in [2.45, 2.75) is 86.4 Å². The zero-order valence-electron chi connectivity index (χ0n) is 16.3. The van der Waals surface area contributed by atoms with Crippen LogP contribution in [0, 0.1) is 5.41 Å². The Morgan fingerprint density at radius 1 is 1.22 bits per heavy atom. The van der Waals surface area contributed by atoms with Crippen molar-refractivity contribution in [1.82, 2.24) is 0 Å². The highest BCUT2D eigenvalue weighted by atomic mass is 16.6. The molecule has 1 N–H and O–H groups in total. The van der Waals surface area contributed by atoms with E-state index in [1.165, 1.54) is 14.0 Å². The normalized spacial score (nSPS) is 17.0. The van der Waals surface area contributed by atoms with Crippen molar-refractivity contribution in [2.75, 3.05) is 7.11 Å². The topological polar surface area (TPSA) is 65.0 Å². The summed E-state index contributed by atoms with van der Waals surface area (Å²) >= 11 is 0. The average molecular weight is 332 g/mol. The van der Waals surface area contributed by atoms with Crippen molar-refractivity contribution in [2.24, 2.45) is 5.41 Å². The first-order valence-corrected chi connectivity index (χ1v) is 8.36. The molecular weight excluding hydrogens is 296 g/mol. The van der Waals surface area contributed by atoms with Gasteiger partial charge in [-0.1, -0.05) is 53.7 Å². The fourth-order valence-corrected chi connectivity index (χ4v) is 1.59. The smallest absolute Gasteiger partial charge is 0.335 e. The summed E-state index contributed by atoms with van der Waals surface area (Å²) in [4.78, 5) is 11.8. The van der Waals surface area contributed by atoms with Crippen LogP contribution in [-0.4, -0.2) is 42.8 Å². The molecule has 0 saturated carbocycles. The fourth-order valence-electron chi connectivity index (χ4n) is 1.59. The number of aliphatic hydroxyl groups is 1. The maximum Gasteiger partial charge on any atom is 0.335 e. The van der Waals surface area contributed by atoms with Gasteiger partial charge < -0.3 is 19.3 Å². The molecule has 5 nitrogen and oxygen atoms in total. The minimum absolute atomic E-state index is 0.0254. The van der Waals surface area contributed by atoms with Crippen molar-refractivity contribution in [3.8, 4) is 0 Å². The van der Waals surface area contributed by atoms with Crippen LogP contribution in [0.5, 0.6) is 0 Å². The van der Waals surface area contributed by atoms with E-state index < -0.39 is 30.6 Å². The lowest BCUT2D eigenvalue weighted by Gasteiger charge is -2.27. The van der Waals surface area contributed by atoms with Crippen LogP contribution in [0.3, 0.4) is 0 Å². The molecule has 0 aromatic heterocycles. The van der Waals surface area contributed by atoms with Gasteiger partial charge in [0.25, 0.3) is 0 Å². The van der Waals surface area contributed by atoms with E-state index in [4.69, 9.17) is 14.2 Å². The predicted octanol–water partition coefficient (Wildman–Crippen LogP) is 3.70. The van der Waals surface area contributed by atoms with Gasteiger partial charge in [0.15, 0.2) is 12.4 Å². The largest absolute Gasteiger partial charge is 0.457 e. The molecule has 0 heterocycles. The Morgan fingerprint density at radius 3 is 2.09 bits per heavy atom. The van der Waals surface area contributed by atoms with E-state index in [2.05, 4.69) is 20.8 Å². The minimum atomic E-state index is -0.938. The lowest BCUT2D eigenvalue weighted by atomic mass is 9.95. The van der Waals surface area contributed by atoms with Crippen LogP contribution in [-0.2, 0) is 19.0 Å². The minimum Gasteiger partial charge on any atom is -0.457 e. The lowest BCUT2D eigenvalue weighted by Crippen LogP contribution is -2.37. The van der Waals surface area contributed by atoms with Crippen LogP contribution < -0.4 is 0 Å². The van der Waals surface area contributed by atoms with Gasteiger partial charge in [-0.05, 0) is 25.7 Å². The van der Waals surface area contributed by atoms with Crippen molar-refractivity contribution in [3.63, 3.8) is 0 Å². The number of carbonyl (C=O) groups excluding carboxylic acids is 1. The number of carbonyl (C=O) groups is 1. The van der Waals surface area contributed by atoms with Gasteiger partial charge in [0.2, 0.25) is 0 Å². The first kappa shape index (κ1) is 24.3. The summed E-state index contributed by atoms with van der Waals surface area (Å²) in [5.41, 5.74) is -0.0254. The number of hydrogen-bond acceptors (Lipinski definition) is 5. The zero-order valence-corrected chi connectivity index (χ0v) is 16.3. The maximum atomic E-state index is 11.8. The van der Waals surface area contributed by atoms with E-state index in [1.54, 1.807) is 6.92 Å². The van der Waals surface area contributed by atoms with E-state index in [9.17, 15) is 9.90 Å². The second-order valence-corrected chi connectivity index (χ2v) is 6.19. The third-order valence-electron chi connectivity index (χ3n) is 2.86. The fraction of sp³-hybridized carbons (Fsp3) is 0.833. The van der Waals surface area contributed by atoms with Crippen LogP contribution in [0.25, 0.3) is 0 Å². The second kappa shape index (κ2) is 12.5. The van der Waals surface area contributed by atoms with E-state index in [0.29, 0.717) is 6.42 Å².